The summed E-state index contributed by atoms with van der Waals surface area (Å²) in [4.78, 5) is 188. The van der Waals surface area contributed by atoms with Gasteiger partial charge in [-0.25, -0.2) is 4.98 Å². The van der Waals surface area contributed by atoms with Crippen molar-refractivity contribution in [3.05, 3.63) is 125 Å². The lowest BCUT2D eigenvalue weighted by atomic mass is 9.85. The first-order chi connectivity index (χ1) is 52.2. The minimum Gasteiger partial charge on any atom is -0.508 e. The fourth-order valence-corrected chi connectivity index (χ4v) is 14.3. The van der Waals surface area contributed by atoms with Crippen molar-refractivity contribution in [1.82, 2.24) is 68.0 Å². The molecule has 1 aliphatic rings. The van der Waals surface area contributed by atoms with Crippen LogP contribution in [0.3, 0.4) is 0 Å². The third-order valence-electron chi connectivity index (χ3n) is 18.9. The summed E-state index contributed by atoms with van der Waals surface area (Å²) in [6, 6.07) is 11.8. The number of aliphatic hydroxyl groups excluding tert-OH is 1. The highest BCUT2D eigenvalue weighted by Gasteiger charge is 2.45. The van der Waals surface area contributed by atoms with E-state index < -0.39 is 166 Å². The Kier molecular flexibility index (Phi) is 33.2. The van der Waals surface area contributed by atoms with E-state index in [0.29, 0.717) is 52.1 Å². The van der Waals surface area contributed by atoms with Crippen molar-refractivity contribution in [3.63, 3.8) is 0 Å². The predicted molar refractivity (Wildman–Crippen MR) is 418 cm³/mol. The maximum atomic E-state index is 14.7. The van der Waals surface area contributed by atoms with Crippen LogP contribution in [0.1, 0.15) is 130 Å². The fraction of sp³-hybridized carbons (Fsp3) is 0.506. The molecule has 2 aromatic heterocycles. The number of aromatic nitrogens is 2. The summed E-state index contributed by atoms with van der Waals surface area (Å²) in [7, 11) is 1.29. The molecule has 34 heteroatoms. The van der Waals surface area contributed by atoms with Crippen LogP contribution in [0.15, 0.2) is 97.3 Å². The predicted octanol–water partition coefficient (Wildman–Crippen LogP) is 1.33. The number of rotatable bonds is 41. The summed E-state index contributed by atoms with van der Waals surface area (Å²) in [5.41, 5.74) is 10.8. The van der Waals surface area contributed by atoms with Crippen LogP contribution in [0.5, 0.6) is 11.5 Å². The number of carbonyl (C=O) groups is 13. The third-order valence-corrected chi connectivity index (χ3v) is 21.2. The molecule has 6 rings (SSSR count). The van der Waals surface area contributed by atoms with E-state index in [2.05, 4.69) is 63.1 Å². The van der Waals surface area contributed by atoms with Crippen LogP contribution in [0.25, 0.3) is 11.0 Å². The van der Waals surface area contributed by atoms with Gasteiger partial charge in [0.2, 0.25) is 76.8 Å². The number of benzene rings is 3. The van der Waals surface area contributed by atoms with Gasteiger partial charge in [-0.15, -0.1) is 0 Å². The number of aromatic amines is 1. The zero-order chi connectivity index (χ0) is 82.2. The van der Waals surface area contributed by atoms with Gasteiger partial charge in [-0.3, -0.25) is 62.3 Å². The highest BCUT2D eigenvalue weighted by molar-refractivity contribution is 7.98. The zero-order valence-electron chi connectivity index (χ0n) is 64.7. The van der Waals surface area contributed by atoms with Crippen LogP contribution in [0.4, 0.5) is 0 Å². The summed E-state index contributed by atoms with van der Waals surface area (Å²) < 4.78 is 5.38. The van der Waals surface area contributed by atoms with Gasteiger partial charge in [-0.2, -0.15) is 23.5 Å². The number of methoxy groups -OCH3 is 1. The van der Waals surface area contributed by atoms with E-state index in [4.69, 9.17) is 16.2 Å². The Morgan fingerprint density at radius 3 is 1.73 bits per heavy atom. The molecule has 111 heavy (non-hydrogen) atoms. The molecule has 3 aromatic carbocycles. The number of ether oxygens (including phenoxy) is 1. The molecule has 32 nitrogen and oxygen atoms in total. The number of likely N-dealkylation sites (tertiary alicyclic amines) is 1. The number of aromatic hydroxyl groups is 2. The Labute approximate surface area is 653 Å². The molecule has 0 bridgehead atoms. The molecule has 0 saturated carbocycles. The van der Waals surface area contributed by atoms with Crippen molar-refractivity contribution in [2.75, 3.05) is 31.8 Å². The number of amides is 13. The molecule has 1 fully saturated rings. The van der Waals surface area contributed by atoms with Crippen molar-refractivity contribution in [2.45, 2.75) is 204 Å². The van der Waals surface area contributed by atoms with Crippen LogP contribution in [0, 0.1) is 11.3 Å². The highest BCUT2D eigenvalue weighted by Crippen LogP contribution is 2.27. The van der Waals surface area contributed by atoms with Gasteiger partial charge in [-0.1, -0.05) is 90.1 Å². The molecule has 0 spiro atoms. The second-order valence-electron chi connectivity index (χ2n) is 29.7. The van der Waals surface area contributed by atoms with Crippen molar-refractivity contribution >= 4 is 111 Å². The molecule has 13 amide bonds. The molecule has 1 saturated heterocycles. The number of nitrogens with zero attached hydrogens (tertiary/aromatic N) is 2. The number of phenols is 2. The molecule has 604 valence electrons. The minimum atomic E-state index is -1.88. The Bertz CT molecular complexity index is 4120. The standard InChI is InChI=1S/C77H107N15O17S2/c1-13-54(67(101)87-58(63(78)98)39-110-37-48-17-14-18-49(32-48)38-111-40-59(83-45(6)94)68(102)89-62(75(7,8)9)71(105)86-57(34-47-23-27-52(96)28-24-47)72(106)92-30-16-20-60(92)64(79)99)88-74(108)77(11,42(2)3)91-70(104)55(33-46-21-25-51(95)26-22-46)85-66(100)44(5)82-73(107)76(10,41-109-12)90-69(103)56(84-61(97)31-43(4)93)35-50-36-81-65-53(50)19-15-29-80-65/h14-15,17-19,21-29,32,36,42-44,54-60,62,93,95-96H,13,16,20,30-31,33-35,37-41H2,1-12H3,(H2,78,98)(H2,79,99)(H,80,81)(H,82,107)(H,83,94)(H,84,97)(H,85,100)(H,86,105)(H,87,101)(H,88,108)(H,89,102)(H,90,103)(H,91,104)/t43-,44+,54+,55+,56+,57+,58-,59+,60+,62-,76?,77+/m1/s1. The smallest absolute Gasteiger partial charge is 0.248 e. The number of fused-ring (bicyclic) bond motifs is 1. The summed E-state index contributed by atoms with van der Waals surface area (Å²) in [5, 5.41) is 57.7. The van der Waals surface area contributed by atoms with E-state index in [0.717, 1.165) is 11.1 Å². The Balaban J connectivity index is 1.06. The van der Waals surface area contributed by atoms with Crippen LogP contribution in [0.2, 0.25) is 0 Å². The van der Waals surface area contributed by atoms with Gasteiger partial charge < -0.3 is 94.6 Å². The minimum absolute atomic E-state index is 0.00581. The van der Waals surface area contributed by atoms with Gasteiger partial charge in [0.1, 0.15) is 82.6 Å². The van der Waals surface area contributed by atoms with E-state index in [1.54, 1.807) is 78.2 Å². The van der Waals surface area contributed by atoms with Crippen molar-refractivity contribution in [2.24, 2.45) is 22.8 Å². The molecular weight excluding hydrogens is 1470 g/mol. The highest BCUT2D eigenvalue weighted by atomic mass is 32.2. The number of nitrogens with two attached hydrogens (primary N) is 2. The quantitative estimate of drug-likeness (QED) is 0.0262. The number of phenolic OH excluding ortho intramolecular Hbond substituents is 2. The second kappa shape index (κ2) is 41.1. The molecule has 0 aliphatic carbocycles. The fourth-order valence-electron chi connectivity index (χ4n) is 12.3. The molecule has 18 N–H and O–H groups in total. The first kappa shape index (κ1) is 89.6. The van der Waals surface area contributed by atoms with E-state index in [9.17, 15) is 77.6 Å². The van der Waals surface area contributed by atoms with Gasteiger partial charge in [0.25, 0.3) is 0 Å². The van der Waals surface area contributed by atoms with Crippen molar-refractivity contribution in [1.29, 1.82) is 0 Å². The number of nitrogens with one attached hydrogen (secondary N) is 11. The van der Waals surface area contributed by atoms with Crippen LogP contribution >= 0.6 is 23.5 Å². The first-order valence-corrected chi connectivity index (χ1v) is 38.9. The lowest BCUT2D eigenvalue weighted by Gasteiger charge is -2.36. The van der Waals surface area contributed by atoms with Gasteiger partial charge >= 0.3 is 0 Å². The number of H-pyrrole nitrogens is 1. The molecule has 1 aliphatic heterocycles. The summed E-state index contributed by atoms with van der Waals surface area (Å²) in [6.45, 7) is 16.7. The summed E-state index contributed by atoms with van der Waals surface area (Å²) >= 11 is 2.61. The lowest BCUT2D eigenvalue weighted by molar-refractivity contribution is -0.141. The summed E-state index contributed by atoms with van der Waals surface area (Å²) in [6.07, 6.45) is 2.47. The third kappa shape index (κ3) is 26.4. The largest absolute Gasteiger partial charge is 0.508 e. The SMILES string of the molecule is CC[C@H](NC(=O)[C@@](C)(NC(=O)[C@H](Cc1ccc(O)cc1)NC(=O)[C@H](C)NC(=O)C(C)(COC)NC(=O)[C@H](Cc1c[nH]c2ncccc12)NC(=O)C[C@@H](C)O)C(C)C)C(=O)N[C@H](CSCc1cccc(CSC[C@H](NC(C)=O)C(=O)N[C@H](C(=O)N[C@@H](Cc2ccc(O)cc2)C(=O)N2CCC[C@H]2C(N)=O)C(C)(C)C)c1)C(N)=O. The van der Waals surface area contributed by atoms with Crippen LogP contribution in [-0.4, -0.2) is 210 Å². The Morgan fingerprint density at radius 2 is 1.18 bits per heavy atom. The molecule has 1 unspecified atom stereocenters. The number of carbonyl (C=O) groups excluding carboxylic acids is 13. The molecule has 0 radical (unpaired) electrons. The average Bonchev–Trinajstić information content (AvgIpc) is 1.80. The molecule has 3 heterocycles. The monoisotopic (exact) mass is 1580 g/mol. The number of aliphatic hydroxyl groups is 1. The topological polar surface area (TPSA) is 496 Å². The first-order valence-electron chi connectivity index (χ1n) is 36.6. The Hall–Kier alpha value is -10.3. The number of thioether (sulfide) groups is 2. The molecule has 5 aromatic rings. The van der Waals surface area contributed by atoms with Crippen molar-refractivity contribution < 1.29 is 82.4 Å². The van der Waals surface area contributed by atoms with E-state index in [1.165, 1.54) is 107 Å². The second-order valence-corrected chi connectivity index (χ2v) is 31.7. The molecule has 12 atom stereocenters. The molecular formula is C77H107N15O17S2. The van der Waals surface area contributed by atoms with Gasteiger partial charge in [0.15, 0.2) is 0 Å². The maximum absolute atomic E-state index is 14.7. The van der Waals surface area contributed by atoms with E-state index in [1.807, 2.05) is 24.3 Å². The number of hydrogen-bond donors (Lipinski definition) is 16. The zero-order valence-corrected chi connectivity index (χ0v) is 66.3. The number of hydrogen-bond acceptors (Lipinski definition) is 20. The van der Waals surface area contributed by atoms with E-state index in [-0.39, 0.29) is 61.7 Å². The Morgan fingerprint density at radius 1 is 0.622 bits per heavy atom. The number of pyridine rings is 1. The number of primary amides is 2. The average molecular weight is 1580 g/mol. The van der Waals surface area contributed by atoms with Gasteiger partial charge in [-0.05, 0) is 123 Å². The van der Waals surface area contributed by atoms with Gasteiger partial charge in [0, 0.05) is 80.6 Å². The lowest BCUT2D eigenvalue weighted by Crippen LogP contribution is -2.66. The van der Waals surface area contributed by atoms with Crippen LogP contribution in [-0.2, 0) is 97.8 Å². The summed E-state index contributed by atoms with van der Waals surface area (Å²) in [5.74, 6) is -9.57. The van der Waals surface area contributed by atoms with Crippen LogP contribution < -0.4 is 64.6 Å². The normalized spacial score (nSPS) is 16.4. The maximum Gasteiger partial charge on any atom is 0.248 e. The van der Waals surface area contributed by atoms with E-state index >= 15 is 0 Å². The van der Waals surface area contributed by atoms with Crippen molar-refractivity contribution in [3.8, 4) is 11.5 Å². The van der Waals surface area contributed by atoms with Gasteiger partial charge in [0.05, 0.1) is 19.1 Å².